The third-order valence-corrected chi connectivity index (χ3v) is 1.86. The van der Waals surface area contributed by atoms with Gasteiger partial charge in [-0.2, -0.15) is 0 Å². The van der Waals surface area contributed by atoms with Crippen LogP contribution in [0.2, 0.25) is 0 Å². The summed E-state index contributed by atoms with van der Waals surface area (Å²) in [5.74, 6) is 0. The molecule has 1 aromatic heterocycles. The average Bonchev–Trinajstić information content (AvgIpc) is 2.43. The summed E-state index contributed by atoms with van der Waals surface area (Å²) >= 11 is 0. The topological polar surface area (TPSA) is 52.9 Å². The molecule has 0 saturated heterocycles. The van der Waals surface area contributed by atoms with Crippen molar-refractivity contribution in [2.75, 3.05) is 6.54 Å². The summed E-state index contributed by atoms with van der Waals surface area (Å²) in [5, 5.41) is 0. The molecule has 0 saturated carbocycles. The lowest BCUT2D eigenvalue weighted by molar-refractivity contribution is 0.602. The molecule has 1 rings (SSSR count). The van der Waals surface area contributed by atoms with Gasteiger partial charge >= 0.3 is 5.69 Å². The molecule has 0 unspecified atom stereocenters. The summed E-state index contributed by atoms with van der Waals surface area (Å²) in [5.41, 5.74) is 5.40. The fourth-order valence-corrected chi connectivity index (χ4v) is 1.13. The van der Waals surface area contributed by atoms with Crippen LogP contribution in [0.4, 0.5) is 0 Å². The monoisotopic (exact) mass is 169 g/mol. The fraction of sp³-hybridized carbons (Fsp3) is 0.625. The van der Waals surface area contributed by atoms with Crippen LogP contribution in [0.15, 0.2) is 17.2 Å². The van der Waals surface area contributed by atoms with Gasteiger partial charge in [0.1, 0.15) is 0 Å². The summed E-state index contributed by atoms with van der Waals surface area (Å²) in [6, 6.07) is 0. The van der Waals surface area contributed by atoms with Crippen LogP contribution in [0.1, 0.15) is 13.3 Å². The normalized spacial score (nSPS) is 10.5. The average molecular weight is 169 g/mol. The standard InChI is InChI=1S/C8H15N3O/c1-2-10-6-7-11(8(10)12)5-3-4-9/h6-7H,2-5,9H2,1H3. The Hall–Kier alpha value is -1.03. The molecule has 1 heterocycles. The van der Waals surface area contributed by atoms with Crippen LogP contribution in [-0.4, -0.2) is 15.7 Å². The quantitative estimate of drug-likeness (QED) is 0.690. The summed E-state index contributed by atoms with van der Waals surface area (Å²) in [4.78, 5) is 11.4. The first kappa shape index (κ1) is 9.06. The Morgan fingerprint density at radius 2 is 2.08 bits per heavy atom. The minimum Gasteiger partial charge on any atom is -0.330 e. The van der Waals surface area contributed by atoms with Gasteiger partial charge < -0.3 is 5.73 Å². The van der Waals surface area contributed by atoms with Gasteiger partial charge in [-0.15, -0.1) is 0 Å². The van der Waals surface area contributed by atoms with Crippen LogP contribution >= 0.6 is 0 Å². The van der Waals surface area contributed by atoms with Gasteiger partial charge in [-0.25, -0.2) is 4.79 Å². The second-order valence-electron chi connectivity index (χ2n) is 2.70. The first-order chi connectivity index (χ1) is 5.79. The molecule has 0 spiro atoms. The van der Waals surface area contributed by atoms with E-state index in [0.717, 1.165) is 19.5 Å². The van der Waals surface area contributed by atoms with Gasteiger partial charge in [0.15, 0.2) is 0 Å². The maximum atomic E-state index is 11.4. The molecule has 12 heavy (non-hydrogen) atoms. The third-order valence-electron chi connectivity index (χ3n) is 1.86. The van der Waals surface area contributed by atoms with Crippen LogP contribution in [0.5, 0.6) is 0 Å². The van der Waals surface area contributed by atoms with Gasteiger partial charge in [0.25, 0.3) is 0 Å². The van der Waals surface area contributed by atoms with Crippen molar-refractivity contribution in [3.63, 3.8) is 0 Å². The molecule has 4 heteroatoms. The van der Waals surface area contributed by atoms with Crippen molar-refractivity contribution in [1.82, 2.24) is 9.13 Å². The van der Waals surface area contributed by atoms with Gasteiger partial charge in [0.2, 0.25) is 0 Å². The van der Waals surface area contributed by atoms with E-state index in [4.69, 9.17) is 5.73 Å². The van der Waals surface area contributed by atoms with Gasteiger partial charge in [0.05, 0.1) is 0 Å². The number of imidazole rings is 1. The number of nitrogens with two attached hydrogens (primary N) is 1. The van der Waals surface area contributed by atoms with Crippen molar-refractivity contribution in [2.45, 2.75) is 26.4 Å². The van der Waals surface area contributed by atoms with Crippen molar-refractivity contribution >= 4 is 0 Å². The third kappa shape index (κ3) is 1.76. The van der Waals surface area contributed by atoms with Gasteiger partial charge in [0, 0.05) is 25.5 Å². The lowest BCUT2D eigenvalue weighted by atomic mass is 10.4. The summed E-state index contributed by atoms with van der Waals surface area (Å²) < 4.78 is 3.37. The van der Waals surface area contributed by atoms with Crippen LogP contribution in [0.25, 0.3) is 0 Å². The summed E-state index contributed by atoms with van der Waals surface area (Å²) in [7, 11) is 0. The minimum absolute atomic E-state index is 0.0611. The molecule has 0 amide bonds. The number of nitrogens with zero attached hydrogens (tertiary/aromatic N) is 2. The highest BCUT2D eigenvalue weighted by molar-refractivity contribution is 4.80. The fourth-order valence-electron chi connectivity index (χ4n) is 1.13. The van der Waals surface area contributed by atoms with Crippen LogP contribution in [0, 0.1) is 0 Å². The summed E-state index contributed by atoms with van der Waals surface area (Å²) in [6.07, 6.45) is 4.47. The molecule has 2 N–H and O–H groups in total. The molecule has 0 aromatic carbocycles. The van der Waals surface area contributed by atoms with E-state index < -0.39 is 0 Å². The van der Waals surface area contributed by atoms with Crippen LogP contribution in [0.3, 0.4) is 0 Å². The molecule has 0 bridgehead atoms. The van der Waals surface area contributed by atoms with Crippen molar-refractivity contribution < 1.29 is 0 Å². The zero-order valence-corrected chi connectivity index (χ0v) is 7.36. The molecular weight excluding hydrogens is 154 g/mol. The number of aromatic nitrogens is 2. The predicted molar refractivity (Wildman–Crippen MR) is 48.0 cm³/mol. The molecule has 0 aliphatic carbocycles. The first-order valence-electron chi connectivity index (χ1n) is 4.25. The molecule has 1 aromatic rings. The first-order valence-corrected chi connectivity index (χ1v) is 4.25. The van der Waals surface area contributed by atoms with Gasteiger partial charge in [-0.05, 0) is 19.9 Å². The maximum absolute atomic E-state index is 11.4. The molecule has 0 atom stereocenters. The SMILES string of the molecule is CCn1ccn(CCCN)c1=O. The van der Waals surface area contributed by atoms with E-state index in [1.807, 2.05) is 13.1 Å². The molecule has 0 aliphatic rings. The zero-order valence-electron chi connectivity index (χ0n) is 7.36. The molecular formula is C8H15N3O. The molecule has 4 nitrogen and oxygen atoms in total. The second-order valence-corrected chi connectivity index (χ2v) is 2.70. The van der Waals surface area contributed by atoms with Crippen molar-refractivity contribution in [1.29, 1.82) is 0 Å². The molecule has 0 radical (unpaired) electrons. The van der Waals surface area contributed by atoms with Crippen LogP contribution in [-0.2, 0) is 13.1 Å². The smallest absolute Gasteiger partial charge is 0.328 e. The van der Waals surface area contributed by atoms with Crippen molar-refractivity contribution in [2.24, 2.45) is 5.73 Å². The predicted octanol–water partition coefficient (Wildman–Crippen LogP) is 0.0185. The van der Waals surface area contributed by atoms with E-state index in [9.17, 15) is 4.79 Å². The number of rotatable bonds is 4. The lowest BCUT2D eigenvalue weighted by Gasteiger charge is -1.98. The Kier molecular flexibility index (Phi) is 3.10. The number of aryl methyl sites for hydroxylation is 2. The minimum atomic E-state index is 0.0611. The van der Waals surface area contributed by atoms with E-state index in [-0.39, 0.29) is 5.69 Å². The number of hydrogen-bond donors (Lipinski definition) is 1. The number of hydrogen-bond acceptors (Lipinski definition) is 2. The van der Waals surface area contributed by atoms with Gasteiger partial charge in [-0.3, -0.25) is 9.13 Å². The Balaban J connectivity index is 2.73. The summed E-state index contributed by atoms with van der Waals surface area (Å²) in [6.45, 7) is 4.04. The highest BCUT2D eigenvalue weighted by Gasteiger charge is 1.99. The highest BCUT2D eigenvalue weighted by atomic mass is 16.1. The van der Waals surface area contributed by atoms with Crippen molar-refractivity contribution in [3.05, 3.63) is 22.9 Å². The molecule has 0 fully saturated rings. The Bertz CT molecular complexity index is 287. The van der Waals surface area contributed by atoms with E-state index in [2.05, 4.69) is 0 Å². The Morgan fingerprint density at radius 1 is 1.42 bits per heavy atom. The van der Waals surface area contributed by atoms with E-state index in [1.165, 1.54) is 0 Å². The Morgan fingerprint density at radius 3 is 2.58 bits per heavy atom. The highest BCUT2D eigenvalue weighted by Crippen LogP contribution is 1.87. The van der Waals surface area contributed by atoms with E-state index >= 15 is 0 Å². The molecule has 68 valence electrons. The maximum Gasteiger partial charge on any atom is 0.328 e. The van der Waals surface area contributed by atoms with Crippen molar-refractivity contribution in [3.8, 4) is 0 Å². The van der Waals surface area contributed by atoms with E-state index in [1.54, 1.807) is 15.3 Å². The van der Waals surface area contributed by atoms with Gasteiger partial charge in [-0.1, -0.05) is 0 Å². The van der Waals surface area contributed by atoms with Crippen LogP contribution < -0.4 is 11.4 Å². The zero-order chi connectivity index (χ0) is 8.97. The molecule has 0 aliphatic heterocycles. The second kappa shape index (κ2) is 4.11. The lowest BCUT2D eigenvalue weighted by Crippen LogP contribution is -2.24. The van der Waals surface area contributed by atoms with E-state index in [0.29, 0.717) is 6.54 Å². The largest absolute Gasteiger partial charge is 0.330 e. The Labute approximate surface area is 71.6 Å².